The lowest BCUT2D eigenvalue weighted by molar-refractivity contribution is 0.441. The van der Waals surface area contributed by atoms with Crippen LogP contribution in [0.2, 0.25) is 0 Å². The van der Waals surface area contributed by atoms with Crippen molar-refractivity contribution in [3.63, 3.8) is 0 Å². The fourth-order valence-corrected chi connectivity index (χ4v) is 2.44. The van der Waals surface area contributed by atoms with Crippen molar-refractivity contribution in [2.75, 3.05) is 0 Å². The molecule has 0 aromatic heterocycles. The Bertz CT molecular complexity index is 680. The SMILES string of the molecule is CC(N)c1ccc(Oc2ccc(C#N)cc2F)cc1Br. The maximum atomic E-state index is 13.7. The molecule has 1 atom stereocenters. The van der Waals surface area contributed by atoms with Gasteiger partial charge >= 0.3 is 0 Å². The smallest absolute Gasteiger partial charge is 0.167 e. The van der Waals surface area contributed by atoms with Gasteiger partial charge in [0.1, 0.15) is 5.75 Å². The topological polar surface area (TPSA) is 59.0 Å². The summed E-state index contributed by atoms with van der Waals surface area (Å²) in [5, 5.41) is 8.69. The largest absolute Gasteiger partial charge is 0.454 e. The van der Waals surface area contributed by atoms with Crippen molar-refractivity contribution in [3.8, 4) is 17.6 Å². The zero-order valence-corrected chi connectivity index (χ0v) is 12.3. The Morgan fingerprint density at radius 2 is 2.05 bits per heavy atom. The van der Waals surface area contributed by atoms with Gasteiger partial charge in [-0.2, -0.15) is 5.26 Å². The molecule has 0 aliphatic rings. The van der Waals surface area contributed by atoms with Crippen molar-refractivity contribution in [3.05, 3.63) is 57.8 Å². The number of halogens is 2. The lowest BCUT2D eigenvalue weighted by atomic mass is 10.1. The minimum Gasteiger partial charge on any atom is -0.454 e. The fraction of sp³-hybridized carbons (Fsp3) is 0.133. The first-order valence-electron chi connectivity index (χ1n) is 5.94. The summed E-state index contributed by atoms with van der Waals surface area (Å²) in [6.07, 6.45) is 0. The van der Waals surface area contributed by atoms with Gasteiger partial charge in [-0.3, -0.25) is 0 Å². The van der Waals surface area contributed by atoms with Gasteiger partial charge in [-0.15, -0.1) is 0 Å². The van der Waals surface area contributed by atoms with E-state index < -0.39 is 5.82 Å². The first kappa shape index (κ1) is 14.5. The molecule has 2 aromatic rings. The molecule has 2 N–H and O–H groups in total. The third kappa shape index (κ3) is 3.16. The molecule has 0 amide bonds. The molecule has 0 aliphatic carbocycles. The highest BCUT2D eigenvalue weighted by Crippen LogP contribution is 2.30. The summed E-state index contributed by atoms with van der Waals surface area (Å²) in [6, 6.07) is 11.1. The van der Waals surface area contributed by atoms with Crippen LogP contribution in [0.25, 0.3) is 0 Å². The van der Waals surface area contributed by atoms with Gasteiger partial charge in [-0.1, -0.05) is 22.0 Å². The summed E-state index contributed by atoms with van der Waals surface area (Å²) in [4.78, 5) is 0. The molecule has 0 spiro atoms. The molecular formula is C15H12BrFN2O. The van der Waals surface area contributed by atoms with Crippen molar-refractivity contribution < 1.29 is 9.13 Å². The predicted molar refractivity (Wildman–Crippen MR) is 77.9 cm³/mol. The highest BCUT2D eigenvalue weighted by atomic mass is 79.9. The molecule has 0 saturated carbocycles. The van der Waals surface area contributed by atoms with Gasteiger partial charge in [0.2, 0.25) is 0 Å². The molecule has 0 fully saturated rings. The molecule has 5 heteroatoms. The van der Waals surface area contributed by atoms with Crippen LogP contribution in [0.1, 0.15) is 24.1 Å². The number of ether oxygens (including phenoxy) is 1. The third-order valence-electron chi connectivity index (χ3n) is 2.75. The number of nitrogens with zero attached hydrogens (tertiary/aromatic N) is 1. The molecule has 1 unspecified atom stereocenters. The lowest BCUT2D eigenvalue weighted by Gasteiger charge is -2.11. The molecule has 0 bridgehead atoms. The van der Waals surface area contributed by atoms with Crippen molar-refractivity contribution in [1.29, 1.82) is 5.26 Å². The van der Waals surface area contributed by atoms with Crippen molar-refractivity contribution >= 4 is 15.9 Å². The third-order valence-corrected chi connectivity index (χ3v) is 3.44. The van der Waals surface area contributed by atoms with Gasteiger partial charge in [0, 0.05) is 10.5 Å². The van der Waals surface area contributed by atoms with Crippen LogP contribution in [0.4, 0.5) is 4.39 Å². The second-order valence-electron chi connectivity index (χ2n) is 4.33. The summed E-state index contributed by atoms with van der Waals surface area (Å²) < 4.78 is 20.0. The van der Waals surface area contributed by atoms with Crippen LogP contribution in [0, 0.1) is 17.1 Å². The lowest BCUT2D eigenvalue weighted by Crippen LogP contribution is -2.05. The maximum Gasteiger partial charge on any atom is 0.167 e. The first-order valence-corrected chi connectivity index (χ1v) is 6.73. The van der Waals surface area contributed by atoms with E-state index in [2.05, 4.69) is 15.9 Å². The van der Waals surface area contributed by atoms with E-state index in [4.69, 9.17) is 15.7 Å². The van der Waals surface area contributed by atoms with Crippen molar-refractivity contribution in [2.24, 2.45) is 5.73 Å². The van der Waals surface area contributed by atoms with Gasteiger partial charge < -0.3 is 10.5 Å². The van der Waals surface area contributed by atoms with E-state index in [0.29, 0.717) is 5.75 Å². The molecule has 20 heavy (non-hydrogen) atoms. The Morgan fingerprint density at radius 3 is 2.60 bits per heavy atom. The first-order chi connectivity index (χ1) is 9.51. The van der Waals surface area contributed by atoms with Gasteiger partial charge in [-0.25, -0.2) is 4.39 Å². The zero-order chi connectivity index (χ0) is 14.7. The quantitative estimate of drug-likeness (QED) is 0.911. The van der Waals surface area contributed by atoms with E-state index in [1.54, 1.807) is 12.1 Å². The predicted octanol–water partition coefficient (Wildman–Crippen LogP) is 4.27. The molecule has 3 nitrogen and oxygen atoms in total. The summed E-state index contributed by atoms with van der Waals surface area (Å²) in [5.74, 6) is -0.00854. The fourth-order valence-electron chi connectivity index (χ4n) is 1.72. The standard InChI is InChI=1S/C15H12BrFN2O/c1-9(19)12-4-3-11(7-13(12)16)20-15-5-2-10(8-18)6-14(15)17/h2-7,9H,19H2,1H3. The van der Waals surface area contributed by atoms with Crippen LogP contribution >= 0.6 is 15.9 Å². The van der Waals surface area contributed by atoms with E-state index in [0.717, 1.165) is 16.1 Å². The number of benzene rings is 2. The average molecular weight is 335 g/mol. The van der Waals surface area contributed by atoms with Crippen LogP contribution in [0.5, 0.6) is 11.5 Å². The van der Waals surface area contributed by atoms with Gasteiger partial charge in [0.05, 0.1) is 11.6 Å². The van der Waals surface area contributed by atoms with Crippen LogP contribution in [0.3, 0.4) is 0 Å². The molecular weight excluding hydrogens is 323 g/mol. The molecule has 2 rings (SSSR count). The second kappa shape index (κ2) is 6.04. The van der Waals surface area contributed by atoms with Crippen LogP contribution in [-0.2, 0) is 0 Å². The number of rotatable bonds is 3. The van der Waals surface area contributed by atoms with Crippen LogP contribution < -0.4 is 10.5 Å². The Kier molecular flexibility index (Phi) is 4.38. The minimum atomic E-state index is -0.573. The van der Waals surface area contributed by atoms with E-state index >= 15 is 0 Å². The summed E-state index contributed by atoms with van der Waals surface area (Å²) >= 11 is 3.41. The molecule has 102 valence electrons. The Labute approximate surface area is 124 Å². The Hall–Kier alpha value is -1.90. The molecule has 0 saturated heterocycles. The normalized spacial score (nSPS) is 11.8. The molecule has 0 heterocycles. The summed E-state index contributed by atoms with van der Waals surface area (Å²) in [7, 11) is 0. The number of nitrogens with two attached hydrogens (primary N) is 1. The van der Waals surface area contributed by atoms with Gasteiger partial charge in [-0.05, 0) is 42.8 Å². The number of hydrogen-bond acceptors (Lipinski definition) is 3. The highest BCUT2D eigenvalue weighted by Gasteiger charge is 2.09. The highest BCUT2D eigenvalue weighted by molar-refractivity contribution is 9.10. The van der Waals surface area contributed by atoms with Crippen molar-refractivity contribution in [2.45, 2.75) is 13.0 Å². The molecule has 0 radical (unpaired) electrons. The Balaban J connectivity index is 2.27. The monoisotopic (exact) mass is 334 g/mol. The van der Waals surface area contributed by atoms with E-state index in [9.17, 15) is 4.39 Å². The number of nitriles is 1. The molecule has 2 aromatic carbocycles. The van der Waals surface area contributed by atoms with Gasteiger partial charge in [0.25, 0.3) is 0 Å². The zero-order valence-electron chi connectivity index (χ0n) is 10.7. The van der Waals surface area contributed by atoms with Crippen LogP contribution in [0.15, 0.2) is 40.9 Å². The number of hydrogen-bond donors (Lipinski definition) is 1. The van der Waals surface area contributed by atoms with E-state index in [1.807, 2.05) is 19.1 Å². The average Bonchev–Trinajstić information content (AvgIpc) is 2.40. The second-order valence-corrected chi connectivity index (χ2v) is 5.19. The summed E-state index contributed by atoms with van der Waals surface area (Å²) in [6.45, 7) is 1.88. The minimum absolute atomic E-state index is 0.0736. The van der Waals surface area contributed by atoms with Crippen LogP contribution in [-0.4, -0.2) is 0 Å². The van der Waals surface area contributed by atoms with Gasteiger partial charge in [0.15, 0.2) is 11.6 Å². The molecule has 0 aliphatic heterocycles. The van der Waals surface area contributed by atoms with Crippen molar-refractivity contribution in [1.82, 2.24) is 0 Å². The summed E-state index contributed by atoms with van der Waals surface area (Å²) in [5.41, 5.74) is 7.01. The Morgan fingerprint density at radius 1 is 1.30 bits per heavy atom. The maximum absolute atomic E-state index is 13.7. The van der Waals surface area contributed by atoms with E-state index in [-0.39, 0.29) is 17.4 Å². The van der Waals surface area contributed by atoms with E-state index in [1.165, 1.54) is 12.1 Å².